The third-order valence-corrected chi connectivity index (χ3v) is 4.57. The van der Waals surface area contributed by atoms with Crippen LogP contribution in [0.5, 0.6) is 5.75 Å². The normalized spacial score (nSPS) is 11.8. The molecule has 0 heterocycles. The molecule has 0 spiro atoms. The summed E-state index contributed by atoms with van der Waals surface area (Å²) in [6.45, 7) is 7.68. The van der Waals surface area contributed by atoms with Crippen molar-refractivity contribution in [3.05, 3.63) is 65.7 Å². The average molecular weight is 384 g/mol. The summed E-state index contributed by atoms with van der Waals surface area (Å²) >= 11 is 0. The molecule has 0 saturated heterocycles. The molecular weight excluding hydrogens is 356 g/mol. The Morgan fingerprint density at radius 3 is 2.25 bits per heavy atom. The average Bonchev–Trinajstić information content (AvgIpc) is 2.72. The van der Waals surface area contributed by atoms with Crippen LogP contribution in [0, 0.1) is 0 Å². The fraction of sp³-hybridized carbons (Fsp3) is 0.364. The number of carbonyl (C=O) groups is 2. The molecule has 0 bridgehead atoms. The van der Waals surface area contributed by atoms with E-state index in [2.05, 4.69) is 24.1 Å². The van der Waals surface area contributed by atoms with Crippen molar-refractivity contribution in [1.82, 2.24) is 10.2 Å². The van der Waals surface area contributed by atoms with E-state index in [0.29, 0.717) is 12.2 Å². The van der Waals surface area contributed by atoms with E-state index < -0.39 is 17.9 Å². The number of nitrogens with zero attached hydrogens (tertiary/aromatic N) is 1. The van der Waals surface area contributed by atoms with Crippen molar-refractivity contribution in [2.45, 2.75) is 26.3 Å². The van der Waals surface area contributed by atoms with Gasteiger partial charge in [-0.1, -0.05) is 44.2 Å². The van der Waals surface area contributed by atoms with Crippen molar-refractivity contribution < 1.29 is 19.4 Å². The summed E-state index contributed by atoms with van der Waals surface area (Å²) < 4.78 is 5.74. The highest BCUT2D eigenvalue weighted by molar-refractivity contribution is 5.96. The molecule has 0 radical (unpaired) electrons. The van der Waals surface area contributed by atoms with Crippen molar-refractivity contribution in [3.8, 4) is 5.75 Å². The molecule has 1 unspecified atom stereocenters. The van der Waals surface area contributed by atoms with Gasteiger partial charge in [0.1, 0.15) is 18.4 Å². The molecular formula is C22H28N2O4. The molecule has 28 heavy (non-hydrogen) atoms. The van der Waals surface area contributed by atoms with Gasteiger partial charge in [0.15, 0.2) is 0 Å². The van der Waals surface area contributed by atoms with Gasteiger partial charge < -0.3 is 20.1 Å². The van der Waals surface area contributed by atoms with Crippen LogP contribution in [0.2, 0.25) is 0 Å². The van der Waals surface area contributed by atoms with Crippen LogP contribution in [0.25, 0.3) is 0 Å². The molecule has 0 aliphatic carbocycles. The van der Waals surface area contributed by atoms with Crippen molar-refractivity contribution in [2.75, 3.05) is 26.2 Å². The summed E-state index contributed by atoms with van der Waals surface area (Å²) in [6.07, 6.45) is 0.202. The number of hydrogen-bond donors (Lipinski definition) is 2. The number of likely N-dealkylation sites (N-methyl/N-ethyl adjacent to an activating group) is 1. The number of nitrogens with one attached hydrogen (secondary N) is 1. The summed E-state index contributed by atoms with van der Waals surface area (Å²) in [7, 11) is 0. The van der Waals surface area contributed by atoms with E-state index in [0.717, 1.165) is 30.9 Å². The van der Waals surface area contributed by atoms with Crippen molar-refractivity contribution >= 4 is 11.9 Å². The molecule has 0 saturated carbocycles. The zero-order valence-electron chi connectivity index (χ0n) is 16.4. The van der Waals surface area contributed by atoms with Crippen LogP contribution in [0.3, 0.4) is 0 Å². The number of ether oxygens (including phenoxy) is 1. The molecule has 6 heteroatoms. The molecule has 2 N–H and O–H groups in total. The SMILES string of the molecule is CCN(CC)CCOc1ccc(CC(NC(=O)c2ccccc2)C(=O)O)cc1. The fourth-order valence-electron chi connectivity index (χ4n) is 2.82. The second-order valence-electron chi connectivity index (χ2n) is 6.45. The van der Waals surface area contributed by atoms with Crippen molar-refractivity contribution in [3.63, 3.8) is 0 Å². The van der Waals surface area contributed by atoms with E-state index in [1.165, 1.54) is 0 Å². The quantitative estimate of drug-likeness (QED) is 0.623. The van der Waals surface area contributed by atoms with Gasteiger partial charge in [0.25, 0.3) is 5.91 Å². The lowest BCUT2D eigenvalue weighted by Gasteiger charge is -2.18. The first kappa shape index (κ1) is 21.4. The second kappa shape index (κ2) is 11.1. The Kier molecular flexibility index (Phi) is 8.49. The Hall–Kier alpha value is -2.86. The third-order valence-electron chi connectivity index (χ3n) is 4.57. The van der Waals surface area contributed by atoms with Gasteiger partial charge in [-0.2, -0.15) is 0 Å². The first-order valence-electron chi connectivity index (χ1n) is 9.56. The first-order valence-corrected chi connectivity index (χ1v) is 9.56. The maximum atomic E-state index is 12.2. The number of hydrogen-bond acceptors (Lipinski definition) is 4. The standard InChI is InChI=1S/C22H28N2O4/c1-3-24(4-2)14-15-28-19-12-10-17(11-13-19)16-20(22(26)27)23-21(25)18-8-6-5-7-9-18/h5-13,20H,3-4,14-16H2,1-2H3,(H,23,25)(H,26,27). The van der Waals surface area contributed by atoms with Gasteiger partial charge in [0.2, 0.25) is 0 Å². The van der Waals surface area contributed by atoms with Crippen LogP contribution >= 0.6 is 0 Å². The van der Waals surface area contributed by atoms with E-state index in [1.54, 1.807) is 30.3 Å². The lowest BCUT2D eigenvalue weighted by molar-refractivity contribution is -0.139. The van der Waals surface area contributed by atoms with E-state index >= 15 is 0 Å². The summed E-state index contributed by atoms with van der Waals surface area (Å²) in [4.78, 5) is 26.1. The zero-order valence-corrected chi connectivity index (χ0v) is 16.4. The van der Waals surface area contributed by atoms with Gasteiger partial charge in [0.05, 0.1) is 0 Å². The Labute approximate surface area is 166 Å². The van der Waals surface area contributed by atoms with Crippen molar-refractivity contribution in [2.24, 2.45) is 0 Å². The Balaban J connectivity index is 1.90. The number of carboxylic acid groups (broad SMARTS) is 1. The maximum absolute atomic E-state index is 12.2. The fourth-order valence-corrected chi connectivity index (χ4v) is 2.82. The number of rotatable bonds is 11. The third kappa shape index (κ3) is 6.70. The molecule has 0 aromatic heterocycles. The minimum atomic E-state index is -1.07. The molecule has 0 aliphatic rings. The Bertz CT molecular complexity index is 743. The number of amides is 1. The van der Waals surface area contributed by atoms with E-state index in [9.17, 15) is 14.7 Å². The van der Waals surface area contributed by atoms with E-state index in [1.807, 2.05) is 24.3 Å². The minimum absolute atomic E-state index is 0.202. The molecule has 2 rings (SSSR count). The molecule has 2 aromatic carbocycles. The van der Waals surface area contributed by atoms with Crippen LogP contribution in [0.1, 0.15) is 29.8 Å². The Morgan fingerprint density at radius 2 is 1.68 bits per heavy atom. The number of carbonyl (C=O) groups excluding carboxylic acids is 1. The van der Waals surface area contributed by atoms with Crippen LogP contribution in [-0.4, -0.2) is 54.2 Å². The predicted molar refractivity (Wildman–Crippen MR) is 109 cm³/mol. The van der Waals surface area contributed by atoms with Crippen LogP contribution in [-0.2, 0) is 11.2 Å². The van der Waals surface area contributed by atoms with E-state index in [-0.39, 0.29) is 6.42 Å². The molecule has 0 aliphatic heterocycles. The van der Waals surface area contributed by atoms with Gasteiger partial charge in [-0.3, -0.25) is 4.79 Å². The molecule has 150 valence electrons. The lowest BCUT2D eigenvalue weighted by atomic mass is 10.1. The van der Waals surface area contributed by atoms with E-state index in [4.69, 9.17) is 4.74 Å². The van der Waals surface area contributed by atoms with Gasteiger partial charge in [-0.05, 0) is 42.9 Å². The molecule has 1 amide bonds. The monoisotopic (exact) mass is 384 g/mol. The number of benzene rings is 2. The van der Waals surface area contributed by atoms with Gasteiger partial charge in [-0.25, -0.2) is 4.79 Å². The predicted octanol–water partition coefficient (Wildman–Crippen LogP) is 2.83. The summed E-state index contributed by atoms with van der Waals surface area (Å²) in [5.41, 5.74) is 1.25. The maximum Gasteiger partial charge on any atom is 0.326 e. The minimum Gasteiger partial charge on any atom is -0.492 e. The highest BCUT2D eigenvalue weighted by atomic mass is 16.5. The largest absolute Gasteiger partial charge is 0.492 e. The second-order valence-corrected chi connectivity index (χ2v) is 6.45. The van der Waals surface area contributed by atoms with Gasteiger partial charge in [0, 0.05) is 18.5 Å². The summed E-state index contributed by atoms with van der Waals surface area (Å²) in [6, 6.07) is 14.9. The first-order chi connectivity index (χ1) is 13.5. The van der Waals surface area contributed by atoms with Crippen molar-refractivity contribution in [1.29, 1.82) is 0 Å². The molecule has 0 fully saturated rings. The highest BCUT2D eigenvalue weighted by Gasteiger charge is 2.21. The summed E-state index contributed by atoms with van der Waals surface area (Å²) in [5.74, 6) is -0.718. The molecule has 6 nitrogen and oxygen atoms in total. The van der Waals surface area contributed by atoms with Crippen LogP contribution in [0.4, 0.5) is 0 Å². The molecule has 1 atom stereocenters. The Morgan fingerprint density at radius 1 is 1.04 bits per heavy atom. The smallest absolute Gasteiger partial charge is 0.326 e. The van der Waals surface area contributed by atoms with Gasteiger partial charge >= 0.3 is 5.97 Å². The molecule has 2 aromatic rings. The summed E-state index contributed by atoms with van der Waals surface area (Å²) in [5, 5.41) is 12.0. The van der Waals surface area contributed by atoms with Crippen LogP contribution in [0.15, 0.2) is 54.6 Å². The number of carboxylic acids is 1. The lowest BCUT2D eigenvalue weighted by Crippen LogP contribution is -2.42. The highest BCUT2D eigenvalue weighted by Crippen LogP contribution is 2.14. The topological polar surface area (TPSA) is 78.9 Å². The zero-order chi connectivity index (χ0) is 20.4. The van der Waals surface area contributed by atoms with Crippen LogP contribution < -0.4 is 10.1 Å². The van der Waals surface area contributed by atoms with Gasteiger partial charge in [-0.15, -0.1) is 0 Å². The number of aliphatic carboxylic acids is 1.